The van der Waals surface area contributed by atoms with Crippen LogP contribution in [0.3, 0.4) is 0 Å². The average Bonchev–Trinajstić information content (AvgIpc) is 2.41. The van der Waals surface area contributed by atoms with E-state index in [-0.39, 0.29) is 10.6 Å². The summed E-state index contributed by atoms with van der Waals surface area (Å²) in [5.74, 6) is 0. The molecule has 1 rings (SSSR count). The van der Waals surface area contributed by atoms with Crippen molar-refractivity contribution in [3.8, 4) is 0 Å². The minimum absolute atomic E-state index is 0.119. The summed E-state index contributed by atoms with van der Waals surface area (Å²) < 4.78 is 11.4. The monoisotopic (exact) mass is 287 g/mol. The minimum Gasteiger partial charge on any atom is -0.382 e. The van der Waals surface area contributed by atoms with Crippen molar-refractivity contribution >= 4 is 17.3 Å². The molecule has 1 aromatic rings. The fourth-order valence-corrected chi connectivity index (χ4v) is 1.56. The first-order valence-corrected chi connectivity index (χ1v) is 6.25. The van der Waals surface area contributed by atoms with Crippen LogP contribution >= 0.6 is 11.6 Å². The van der Waals surface area contributed by atoms with Crippen LogP contribution < -0.4 is 10.9 Å². The Morgan fingerprint density at radius 2 is 2.32 bits per heavy atom. The molecular weight excluding hydrogens is 270 g/mol. The van der Waals surface area contributed by atoms with Crippen molar-refractivity contribution in [1.82, 2.24) is 9.78 Å². The highest BCUT2D eigenvalue weighted by Gasteiger charge is 2.07. The summed E-state index contributed by atoms with van der Waals surface area (Å²) in [5.41, 5.74) is 0.161. The molecule has 0 bridgehead atoms. The van der Waals surface area contributed by atoms with Crippen LogP contribution in [-0.4, -0.2) is 43.3 Å². The number of rotatable bonds is 9. The number of hydrogen-bond acceptors (Lipinski definition) is 5. The third-order valence-corrected chi connectivity index (χ3v) is 2.65. The SMILES string of the molecule is C=CCn1ncc(NCCOCCOC)c(Cl)c1=O. The molecule has 0 atom stereocenters. The van der Waals surface area contributed by atoms with Crippen LogP contribution in [0.25, 0.3) is 0 Å². The maximum atomic E-state index is 11.8. The number of anilines is 1. The molecule has 1 N–H and O–H groups in total. The van der Waals surface area contributed by atoms with Crippen molar-refractivity contribution in [1.29, 1.82) is 0 Å². The molecule has 0 aliphatic carbocycles. The Labute approximate surface area is 117 Å². The van der Waals surface area contributed by atoms with E-state index in [1.807, 2.05) is 0 Å². The standard InChI is InChI=1S/C12H18ClN3O3/c1-3-5-16-12(17)11(13)10(9-15-16)14-4-6-19-8-7-18-2/h3,9,14H,1,4-8H2,2H3. The van der Waals surface area contributed by atoms with Crippen LogP contribution in [0.1, 0.15) is 0 Å². The smallest absolute Gasteiger partial charge is 0.287 e. The summed E-state index contributed by atoms with van der Waals surface area (Å²) in [5, 5.41) is 7.10. The lowest BCUT2D eigenvalue weighted by Gasteiger charge is -2.09. The zero-order chi connectivity index (χ0) is 14.1. The van der Waals surface area contributed by atoms with Gasteiger partial charge in [0.1, 0.15) is 5.02 Å². The Bertz CT molecular complexity index is 462. The zero-order valence-corrected chi connectivity index (χ0v) is 11.7. The summed E-state index contributed by atoms with van der Waals surface area (Å²) in [6.45, 7) is 6.00. The second-order valence-electron chi connectivity index (χ2n) is 3.68. The van der Waals surface area contributed by atoms with Gasteiger partial charge in [0.15, 0.2) is 0 Å². The van der Waals surface area contributed by atoms with E-state index in [4.69, 9.17) is 21.1 Å². The molecule has 0 saturated heterocycles. The van der Waals surface area contributed by atoms with E-state index in [0.717, 1.165) is 0 Å². The average molecular weight is 288 g/mol. The normalized spacial score (nSPS) is 10.4. The maximum Gasteiger partial charge on any atom is 0.287 e. The van der Waals surface area contributed by atoms with Gasteiger partial charge in [0.2, 0.25) is 0 Å². The molecule has 0 aliphatic heterocycles. The van der Waals surface area contributed by atoms with E-state index in [1.54, 1.807) is 13.2 Å². The molecule has 19 heavy (non-hydrogen) atoms. The van der Waals surface area contributed by atoms with E-state index in [0.29, 0.717) is 38.6 Å². The Hall–Kier alpha value is -1.37. The van der Waals surface area contributed by atoms with Crippen LogP contribution in [0.2, 0.25) is 5.02 Å². The van der Waals surface area contributed by atoms with Gasteiger partial charge in [-0.25, -0.2) is 4.68 Å². The Kier molecular flexibility index (Phi) is 7.17. The molecule has 0 saturated carbocycles. The molecule has 0 aliphatic rings. The van der Waals surface area contributed by atoms with Gasteiger partial charge in [0.25, 0.3) is 5.56 Å². The molecule has 0 amide bonds. The number of hydrogen-bond donors (Lipinski definition) is 1. The third-order valence-electron chi connectivity index (χ3n) is 2.28. The number of nitrogens with one attached hydrogen (secondary N) is 1. The van der Waals surface area contributed by atoms with Crippen molar-refractivity contribution in [3.63, 3.8) is 0 Å². The highest BCUT2D eigenvalue weighted by molar-refractivity contribution is 6.32. The molecule has 1 heterocycles. The molecule has 106 valence electrons. The molecule has 1 aromatic heterocycles. The van der Waals surface area contributed by atoms with E-state index in [2.05, 4.69) is 17.0 Å². The molecule has 0 spiro atoms. The summed E-state index contributed by atoms with van der Waals surface area (Å²) >= 11 is 5.97. The number of aromatic nitrogens is 2. The van der Waals surface area contributed by atoms with E-state index < -0.39 is 0 Å². The quantitative estimate of drug-likeness (QED) is 0.545. The zero-order valence-electron chi connectivity index (χ0n) is 10.9. The van der Waals surface area contributed by atoms with E-state index in [1.165, 1.54) is 10.9 Å². The lowest BCUT2D eigenvalue weighted by Crippen LogP contribution is -2.24. The fraction of sp³-hybridized carbons (Fsp3) is 0.500. The predicted octanol–water partition coefficient (Wildman–Crippen LogP) is 1.16. The van der Waals surface area contributed by atoms with Crippen molar-refractivity contribution in [2.75, 3.05) is 38.8 Å². The summed E-state index contributed by atoms with van der Waals surface area (Å²) in [7, 11) is 1.62. The minimum atomic E-state index is -0.341. The second kappa shape index (κ2) is 8.68. The van der Waals surface area contributed by atoms with Gasteiger partial charge in [-0.05, 0) is 0 Å². The summed E-state index contributed by atoms with van der Waals surface area (Å²) in [4.78, 5) is 11.8. The highest BCUT2D eigenvalue weighted by atomic mass is 35.5. The molecule has 0 unspecified atom stereocenters. The Morgan fingerprint density at radius 1 is 1.53 bits per heavy atom. The molecule has 0 fully saturated rings. The number of methoxy groups -OCH3 is 1. The molecular formula is C12H18ClN3O3. The summed E-state index contributed by atoms with van der Waals surface area (Å²) in [6, 6.07) is 0. The first-order chi connectivity index (χ1) is 9.20. The topological polar surface area (TPSA) is 65.4 Å². The lowest BCUT2D eigenvalue weighted by molar-refractivity contribution is 0.0759. The first kappa shape index (κ1) is 15.7. The second-order valence-corrected chi connectivity index (χ2v) is 4.06. The third kappa shape index (κ3) is 5.02. The van der Waals surface area contributed by atoms with Crippen LogP contribution in [0, 0.1) is 0 Å². The largest absolute Gasteiger partial charge is 0.382 e. The van der Waals surface area contributed by atoms with Crippen LogP contribution in [-0.2, 0) is 16.0 Å². The predicted molar refractivity (Wildman–Crippen MR) is 74.9 cm³/mol. The van der Waals surface area contributed by atoms with E-state index in [9.17, 15) is 4.79 Å². The van der Waals surface area contributed by atoms with Gasteiger partial charge in [-0.1, -0.05) is 17.7 Å². The molecule has 6 nitrogen and oxygen atoms in total. The molecule has 0 aromatic carbocycles. The number of halogens is 1. The van der Waals surface area contributed by atoms with Crippen molar-refractivity contribution in [3.05, 3.63) is 34.2 Å². The summed E-state index contributed by atoms with van der Waals surface area (Å²) in [6.07, 6.45) is 3.10. The van der Waals surface area contributed by atoms with Crippen molar-refractivity contribution in [2.24, 2.45) is 0 Å². The van der Waals surface area contributed by atoms with Gasteiger partial charge in [0, 0.05) is 13.7 Å². The van der Waals surface area contributed by atoms with Crippen LogP contribution in [0.4, 0.5) is 5.69 Å². The molecule has 0 radical (unpaired) electrons. The Morgan fingerprint density at radius 3 is 3.00 bits per heavy atom. The van der Waals surface area contributed by atoms with Gasteiger partial charge in [0.05, 0.1) is 38.2 Å². The van der Waals surface area contributed by atoms with Crippen LogP contribution in [0.15, 0.2) is 23.6 Å². The number of allylic oxidation sites excluding steroid dienone is 1. The molecule has 7 heteroatoms. The van der Waals surface area contributed by atoms with Crippen molar-refractivity contribution < 1.29 is 9.47 Å². The lowest BCUT2D eigenvalue weighted by atomic mass is 10.4. The number of nitrogens with zero attached hydrogens (tertiary/aromatic N) is 2. The highest BCUT2D eigenvalue weighted by Crippen LogP contribution is 2.14. The van der Waals surface area contributed by atoms with Gasteiger partial charge in [-0.15, -0.1) is 6.58 Å². The fourth-order valence-electron chi connectivity index (χ4n) is 1.34. The van der Waals surface area contributed by atoms with Gasteiger partial charge in [-0.2, -0.15) is 5.10 Å². The van der Waals surface area contributed by atoms with Gasteiger partial charge >= 0.3 is 0 Å². The first-order valence-electron chi connectivity index (χ1n) is 5.87. The maximum absolute atomic E-state index is 11.8. The van der Waals surface area contributed by atoms with Gasteiger partial charge < -0.3 is 14.8 Å². The van der Waals surface area contributed by atoms with Crippen LogP contribution in [0.5, 0.6) is 0 Å². The van der Waals surface area contributed by atoms with E-state index >= 15 is 0 Å². The van der Waals surface area contributed by atoms with Gasteiger partial charge in [-0.3, -0.25) is 4.79 Å². The number of ether oxygens (including phenoxy) is 2. The Balaban J connectivity index is 2.48. The van der Waals surface area contributed by atoms with Crippen molar-refractivity contribution in [2.45, 2.75) is 6.54 Å².